The number of aromatic nitrogens is 4. The molecule has 0 fully saturated rings. The minimum atomic E-state index is -0.444. The zero-order chi connectivity index (χ0) is 13.8. The fourth-order valence-electron chi connectivity index (χ4n) is 1.66. The second kappa shape index (κ2) is 5.47. The first-order valence-corrected chi connectivity index (χ1v) is 5.87. The van der Waals surface area contributed by atoms with Crippen molar-refractivity contribution >= 4 is 5.82 Å². The van der Waals surface area contributed by atoms with Gasteiger partial charge < -0.3 is 5.32 Å². The lowest BCUT2D eigenvalue weighted by Crippen LogP contribution is -2.40. The topological polar surface area (TPSA) is 81.8 Å². The molecule has 0 aliphatic rings. The second-order valence-corrected chi connectivity index (χ2v) is 4.12. The van der Waals surface area contributed by atoms with Crippen molar-refractivity contribution in [3.63, 3.8) is 0 Å². The minimum Gasteiger partial charge on any atom is -0.364 e. The van der Waals surface area contributed by atoms with Crippen LogP contribution in [0.3, 0.4) is 0 Å². The van der Waals surface area contributed by atoms with Gasteiger partial charge in [0.25, 0.3) is 5.56 Å². The van der Waals surface area contributed by atoms with Gasteiger partial charge in [0.2, 0.25) is 5.82 Å². The summed E-state index contributed by atoms with van der Waals surface area (Å²) in [6.45, 7) is 0.525. The van der Waals surface area contributed by atoms with Crippen molar-refractivity contribution in [1.82, 2.24) is 19.3 Å². The van der Waals surface area contributed by atoms with E-state index in [0.29, 0.717) is 13.0 Å². The molecule has 0 aliphatic heterocycles. The van der Waals surface area contributed by atoms with Gasteiger partial charge in [-0.2, -0.15) is 0 Å². The average molecular weight is 261 g/mol. The van der Waals surface area contributed by atoms with E-state index < -0.39 is 11.2 Å². The highest BCUT2D eigenvalue weighted by Gasteiger charge is 2.07. The summed E-state index contributed by atoms with van der Waals surface area (Å²) in [5.41, 5.74) is 0.0565. The van der Waals surface area contributed by atoms with Crippen molar-refractivity contribution in [2.45, 2.75) is 6.42 Å². The molecule has 0 unspecified atom stereocenters. The summed E-state index contributed by atoms with van der Waals surface area (Å²) in [5, 5.41) is 6.83. The molecule has 0 atom stereocenters. The van der Waals surface area contributed by atoms with E-state index in [1.54, 1.807) is 6.20 Å². The summed E-state index contributed by atoms with van der Waals surface area (Å²) < 4.78 is 2.15. The molecule has 2 aromatic rings. The molecule has 0 spiro atoms. The van der Waals surface area contributed by atoms with Crippen molar-refractivity contribution in [3.05, 3.63) is 50.9 Å². The number of anilines is 1. The summed E-state index contributed by atoms with van der Waals surface area (Å²) in [7, 11) is 2.93. The lowest BCUT2D eigenvalue weighted by atomic mass is 10.3. The van der Waals surface area contributed by atoms with Crippen LogP contribution >= 0.6 is 0 Å². The highest BCUT2D eigenvalue weighted by atomic mass is 16.2. The largest absolute Gasteiger partial charge is 0.364 e. The Morgan fingerprint density at radius 3 is 2.74 bits per heavy atom. The van der Waals surface area contributed by atoms with Crippen LogP contribution in [0, 0.1) is 0 Å². The lowest BCUT2D eigenvalue weighted by Gasteiger charge is -2.07. The minimum absolute atomic E-state index is 0.167. The second-order valence-electron chi connectivity index (χ2n) is 4.12. The van der Waals surface area contributed by atoms with Gasteiger partial charge in [-0.1, -0.05) is 6.07 Å². The number of hydrogen-bond acceptors (Lipinski definition) is 5. The third-order valence-electron chi connectivity index (χ3n) is 2.72. The molecule has 100 valence electrons. The molecule has 19 heavy (non-hydrogen) atoms. The number of nitrogens with zero attached hydrogens (tertiary/aromatic N) is 4. The average Bonchev–Trinajstić information content (AvgIpc) is 2.43. The highest BCUT2D eigenvalue weighted by molar-refractivity contribution is 5.29. The van der Waals surface area contributed by atoms with E-state index in [4.69, 9.17) is 0 Å². The van der Waals surface area contributed by atoms with Crippen LogP contribution < -0.4 is 16.6 Å². The molecule has 0 aromatic carbocycles. The van der Waals surface area contributed by atoms with E-state index in [1.165, 1.54) is 14.1 Å². The monoisotopic (exact) mass is 261 g/mol. The molecule has 0 saturated carbocycles. The maximum absolute atomic E-state index is 11.8. The summed E-state index contributed by atoms with van der Waals surface area (Å²) in [6.07, 6.45) is 2.40. The molecule has 2 aromatic heterocycles. The molecular formula is C12H15N5O2. The molecule has 0 saturated heterocycles. The third-order valence-corrected chi connectivity index (χ3v) is 2.72. The maximum Gasteiger partial charge on any atom is 0.346 e. The SMILES string of the molecule is Cn1nc(NCCc2ccccn2)c(=O)n(C)c1=O. The molecule has 0 bridgehead atoms. The highest BCUT2D eigenvalue weighted by Crippen LogP contribution is 1.96. The fraction of sp³-hybridized carbons (Fsp3) is 0.333. The van der Waals surface area contributed by atoms with Crippen LogP contribution in [0.4, 0.5) is 5.82 Å². The van der Waals surface area contributed by atoms with Gasteiger partial charge in [-0.3, -0.25) is 14.3 Å². The van der Waals surface area contributed by atoms with Gasteiger partial charge in [0.05, 0.1) is 0 Å². The summed E-state index contributed by atoms with van der Waals surface area (Å²) in [5.74, 6) is 0.167. The van der Waals surface area contributed by atoms with E-state index >= 15 is 0 Å². The number of hydrogen-bond donors (Lipinski definition) is 1. The Kier molecular flexibility index (Phi) is 3.74. The van der Waals surface area contributed by atoms with Gasteiger partial charge in [0.15, 0.2) is 0 Å². The first kappa shape index (κ1) is 13.0. The molecule has 1 N–H and O–H groups in total. The van der Waals surface area contributed by atoms with Crippen molar-refractivity contribution in [2.24, 2.45) is 14.1 Å². The van der Waals surface area contributed by atoms with Gasteiger partial charge in [0, 0.05) is 39.0 Å². The Bertz CT molecular complexity index is 675. The van der Waals surface area contributed by atoms with E-state index in [0.717, 1.165) is 14.9 Å². The fourth-order valence-corrected chi connectivity index (χ4v) is 1.66. The summed E-state index contributed by atoms with van der Waals surface area (Å²) in [6, 6.07) is 5.67. The van der Waals surface area contributed by atoms with Crippen LogP contribution in [0.1, 0.15) is 5.69 Å². The van der Waals surface area contributed by atoms with Gasteiger partial charge in [-0.15, -0.1) is 5.10 Å². The van der Waals surface area contributed by atoms with E-state index in [-0.39, 0.29) is 5.82 Å². The predicted octanol–water partition coefficient (Wildman–Crippen LogP) is -0.471. The zero-order valence-corrected chi connectivity index (χ0v) is 10.8. The van der Waals surface area contributed by atoms with Crippen LogP contribution in [0.15, 0.2) is 34.0 Å². The Labute approximate surface area is 109 Å². The normalized spacial score (nSPS) is 10.4. The predicted molar refractivity (Wildman–Crippen MR) is 71.1 cm³/mol. The Balaban J connectivity index is 2.09. The van der Waals surface area contributed by atoms with Crippen LogP contribution in [0.2, 0.25) is 0 Å². The standard InChI is InChI=1S/C12H15N5O2/c1-16-11(18)10(15-17(2)12(16)19)14-8-6-9-5-3-4-7-13-9/h3-5,7H,6,8H2,1-2H3,(H,14,15). The Morgan fingerprint density at radius 2 is 2.05 bits per heavy atom. The van der Waals surface area contributed by atoms with Gasteiger partial charge in [-0.05, 0) is 12.1 Å². The van der Waals surface area contributed by atoms with Crippen LogP contribution in [-0.4, -0.2) is 25.9 Å². The molecule has 2 heterocycles. The number of aryl methyl sites for hydroxylation is 1. The zero-order valence-electron chi connectivity index (χ0n) is 10.8. The Hall–Kier alpha value is -2.44. The smallest absolute Gasteiger partial charge is 0.346 e. The quantitative estimate of drug-likeness (QED) is 0.804. The van der Waals surface area contributed by atoms with Crippen LogP contribution in [-0.2, 0) is 20.5 Å². The molecule has 0 amide bonds. The maximum atomic E-state index is 11.8. The molecule has 7 heteroatoms. The number of rotatable bonds is 4. The van der Waals surface area contributed by atoms with Crippen molar-refractivity contribution < 1.29 is 0 Å². The van der Waals surface area contributed by atoms with E-state index in [1.807, 2.05) is 18.2 Å². The number of pyridine rings is 1. The van der Waals surface area contributed by atoms with Crippen molar-refractivity contribution in [1.29, 1.82) is 0 Å². The van der Waals surface area contributed by atoms with E-state index in [9.17, 15) is 9.59 Å². The van der Waals surface area contributed by atoms with Crippen molar-refractivity contribution in [3.8, 4) is 0 Å². The summed E-state index contributed by atoms with van der Waals surface area (Å²) >= 11 is 0. The third kappa shape index (κ3) is 2.87. The molecule has 0 aliphatic carbocycles. The Morgan fingerprint density at radius 1 is 1.26 bits per heavy atom. The lowest BCUT2D eigenvalue weighted by molar-refractivity contribution is 0.604. The van der Waals surface area contributed by atoms with Gasteiger partial charge in [0.1, 0.15) is 0 Å². The van der Waals surface area contributed by atoms with Gasteiger partial charge in [-0.25, -0.2) is 9.48 Å². The first-order chi connectivity index (χ1) is 9.09. The van der Waals surface area contributed by atoms with Crippen molar-refractivity contribution in [2.75, 3.05) is 11.9 Å². The van der Waals surface area contributed by atoms with Gasteiger partial charge >= 0.3 is 5.69 Å². The molecule has 0 radical (unpaired) electrons. The molecule has 2 rings (SSSR count). The number of nitrogens with one attached hydrogen (secondary N) is 1. The molecular weight excluding hydrogens is 246 g/mol. The first-order valence-electron chi connectivity index (χ1n) is 5.87. The summed E-state index contributed by atoms with van der Waals surface area (Å²) in [4.78, 5) is 27.4. The van der Waals surface area contributed by atoms with Crippen LogP contribution in [0.25, 0.3) is 0 Å². The van der Waals surface area contributed by atoms with Crippen LogP contribution in [0.5, 0.6) is 0 Å². The van der Waals surface area contributed by atoms with E-state index in [2.05, 4.69) is 15.4 Å². The molecule has 7 nitrogen and oxygen atoms in total.